The van der Waals surface area contributed by atoms with E-state index >= 15 is 0 Å². The fourth-order valence-corrected chi connectivity index (χ4v) is 5.39. The van der Waals surface area contributed by atoms with E-state index in [0.717, 1.165) is 42.2 Å². The number of imide groups is 3. The van der Waals surface area contributed by atoms with Gasteiger partial charge in [-0.1, -0.05) is 36.8 Å². The number of para-hydroxylation sites is 1. The molecule has 3 amide bonds. The molecule has 8 nitrogen and oxygen atoms in total. The van der Waals surface area contributed by atoms with Gasteiger partial charge in [0.25, 0.3) is 0 Å². The first-order valence-corrected chi connectivity index (χ1v) is 11.3. The van der Waals surface area contributed by atoms with Gasteiger partial charge in [0.15, 0.2) is 0 Å². The van der Waals surface area contributed by atoms with Gasteiger partial charge in [0.05, 0.1) is 38.3 Å². The maximum absolute atomic E-state index is 13.0. The summed E-state index contributed by atoms with van der Waals surface area (Å²) in [6.45, 7) is 2.10. The van der Waals surface area contributed by atoms with Gasteiger partial charge in [-0.05, 0) is 42.9 Å². The second kappa shape index (κ2) is 9.49. The van der Waals surface area contributed by atoms with Crippen molar-refractivity contribution >= 4 is 24.0 Å². The molecule has 1 aliphatic carbocycles. The van der Waals surface area contributed by atoms with Crippen molar-refractivity contribution in [3.63, 3.8) is 0 Å². The number of ether oxygens (including phenoxy) is 2. The molecule has 0 aromatic heterocycles. The third-order valence-electron chi connectivity index (χ3n) is 7.03. The minimum atomic E-state index is -0.969. The number of amides is 3. The number of fused-ring (bicyclic) bond motifs is 3. The Labute approximate surface area is 192 Å². The summed E-state index contributed by atoms with van der Waals surface area (Å²) in [6, 6.07) is 7.16. The van der Waals surface area contributed by atoms with Crippen molar-refractivity contribution in [1.82, 2.24) is 4.90 Å². The number of phenols is 1. The number of carbonyl (C=O) groups excluding carboxylic acids is 3. The molecule has 1 aromatic rings. The number of aliphatic hydroxyl groups excluding tert-OH is 1. The van der Waals surface area contributed by atoms with E-state index in [-0.39, 0.29) is 37.4 Å². The normalized spacial score (nSPS) is 27.1. The molecule has 0 radical (unpaired) electrons. The number of benzene rings is 1. The Balaban J connectivity index is 1.55. The van der Waals surface area contributed by atoms with Gasteiger partial charge in [-0.15, -0.1) is 0 Å². The number of aliphatic hydroxyl groups is 1. The second-order valence-electron chi connectivity index (χ2n) is 8.72. The highest BCUT2D eigenvalue weighted by atomic mass is 16.5. The predicted molar refractivity (Wildman–Crippen MR) is 119 cm³/mol. The molecule has 176 valence electrons. The molecule has 3 aliphatic rings. The Kier molecular flexibility index (Phi) is 6.67. The average molecular weight is 456 g/mol. The molecule has 2 saturated heterocycles. The van der Waals surface area contributed by atoms with E-state index in [4.69, 9.17) is 4.74 Å². The minimum Gasteiger partial charge on any atom is -0.507 e. The molecule has 4 atom stereocenters. The molecule has 2 aliphatic heterocycles. The van der Waals surface area contributed by atoms with Gasteiger partial charge in [-0.3, -0.25) is 9.59 Å². The Bertz CT molecular complexity index is 1030. The lowest BCUT2D eigenvalue weighted by Gasteiger charge is -2.31. The molecular formula is C25H29NO7. The van der Waals surface area contributed by atoms with E-state index in [2.05, 4.69) is 11.7 Å². The van der Waals surface area contributed by atoms with Crippen LogP contribution < -0.4 is 0 Å². The van der Waals surface area contributed by atoms with Gasteiger partial charge in [0.1, 0.15) is 5.75 Å². The van der Waals surface area contributed by atoms with Crippen LogP contribution in [0.2, 0.25) is 0 Å². The summed E-state index contributed by atoms with van der Waals surface area (Å²) in [5, 5.41) is 20.1. The summed E-state index contributed by atoms with van der Waals surface area (Å²) in [6.07, 6.45) is 3.16. The molecule has 33 heavy (non-hydrogen) atoms. The minimum absolute atomic E-state index is 0.219. The molecule has 2 heterocycles. The summed E-state index contributed by atoms with van der Waals surface area (Å²) in [5.74, 6) is -2.58. The first kappa shape index (κ1) is 23.2. The quantitative estimate of drug-likeness (QED) is 0.501. The van der Waals surface area contributed by atoms with Crippen LogP contribution in [0.25, 0.3) is 6.08 Å². The Morgan fingerprint density at radius 1 is 1.24 bits per heavy atom. The van der Waals surface area contributed by atoms with Crippen LogP contribution in [0, 0.1) is 17.8 Å². The zero-order valence-corrected chi connectivity index (χ0v) is 18.8. The van der Waals surface area contributed by atoms with Crippen LogP contribution in [0.5, 0.6) is 5.75 Å². The number of hydrogen-bond donors (Lipinski definition) is 2. The Hall–Kier alpha value is -2.97. The Morgan fingerprint density at radius 2 is 2.00 bits per heavy atom. The summed E-state index contributed by atoms with van der Waals surface area (Å²) in [4.78, 5) is 38.4. The van der Waals surface area contributed by atoms with Gasteiger partial charge in [0, 0.05) is 11.5 Å². The van der Waals surface area contributed by atoms with Crippen molar-refractivity contribution in [2.75, 3.05) is 20.3 Å². The molecule has 0 saturated carbocycles. The summed E-state index contributed by atoms with van der Waals surface area (Å²) in [7, 11) is 1.14. The average Bonchev–Trinajstić information content (AvgIpc) is 3.35. The first-order valence-electron chi connectivity index (χ1n) is 11.3. The van der Waals surface area contributed by atoms with Gasteiger partial charge in [0.2, 0.25) is 11.8 Å². The van der Waals surface area contributed by atoms with E-state index in [1.54, 1.807) is 12.1 Å². The first-order chi connectivity index (χ1) is 15.9. The lowest BCUT2D eigenvalue weighted by Crippen LogP contribution is -2.38. The fourth-order valence-electron chi connectivity index (χ4n) is 5.39. The van der Waals surface area contributed by atoms with Crippen molar-refractivity contribution in [2.24, 2.45) is 17.8 Å². The van der Waals surface area contributed by atoms with Crippen LogP contribution >= 0.6 is 0 Å². The van der Waals surface area contributed by atoms with Gasteiger partial charge in [-0.2, -0.15) is 4.90 Å². The topological polar surface area (TPSA) is 113 Å². The van der Waals surface area contributed by atoms with Crippen LogP contribution in [0.15, 0.2) is 41.0 Å². The van der Waals surface area contributed by atoms with E-state index in [0.29, 0.717) is 11.3 Å². The lowest BCUT2D eigenvalue weighted by atomic mass is 9.69. The highest BCUT2D eigenvalue weighted by Gasteiger charge is 2.58. The molecule has 1 aromatic carbocycles. The van der Waals surface area contributed by atoms with Gasteiger partial charge >= 0.3 is 6.09 Å². The largest absolute Gasteiger partial charge is 0.507 e. The van der Waals surface area contributed by atoms with Crippen molar-refractivity contribution in [1.29, 1.82) is 0 Å². The molecule has 0 unspecified atom stereocenters. The summed E-state index contributed by atoms with van der Waals surface area (Å²) >= 11 is 0. The number of phenolic OH excluding ortho intramolecular Hbond substituents is 1. The van der Waals surface area contributed by atoms with Crippen LogP contribution in [0.1, 0.15) is 38.2 Å². The third-order valence-corrected chi connectivity index (χ3v) is 7.03. The molecule has 8 heteroatoms. The van der Waals surface area contributed by atoms with E-state index < -0.39 is 29.7 Å². The monoisotopic (exact) mass is 455 g/mol. The van der Waals surface area contributed by atoms with Gasteiger partial charge < -0.3 is 19.7 Å². The number of carbonyl (C=O) groups is 3. The molecule has 0 spiro atoms. The van der Waals surface area contributed by atoms with Crippen LogP contribution in [-0.2, 0) is 19.1 Å². The number of aromatic hydroxyl groups is 1. The van der Waals surface area contributed by atoms with Crippen LogP contribution in [0.4, 0.5) is 4.79 Å². The van der Waals surface area contributed by atoms with Gasteiger partial charge in [-0.25, -0.2) is 4.79 Å². The molecule has 2 N–H and O–H groups in total. The highest BCUT2D eigenvalue weighted by Crippen LogP contribution is 2.49. The zero-order valence-electron chi connectivity index (χ0n) is 18.8. The van der Waals surface area contributed by atoms with E-state index in [1.165, 1.54) is 0 Å². The molecule has 0 bridgehead atoms. The SMILES string of the molecule is CC/C(=C\c1ccccc1O)CC[C@H]1OC[C@H]2C1=C(CO)C[C@H]1C(=O)N(C(=O)OC)C(=O)[C@H]12. The highest BCUT2D eigenvalue weighted by molar-refractivity contribution is 6.16. The predicted octanol–water partition coefficient (Wildman–Crippen LogP) is 3.04. The maximum Gasteiger partial charge on any atom is 0.423 e. The van der Waals surface area contributed by atoms with Crippen LogP contribution in [0.3, 0.4) is 0 Å². The summed E-state index contributed by atoms with van der Waals surface area (Å²) < 4.78 is 10.7. The lowest BCUT2D eigenvalue weighted by molar-refractivity contribution is -0.137. The van der Waals surface area contributed by atoms with E-state index in [1.807, 2.05) is 18.2 Å². The Morgan fingerprint density at radius 3 is 2.67 bits per heavy atom. The number of hydrogen-bond acceptors (Lipinski definition) is 7. The van der Waals surface area contributed by atoms with Crippen molar-refractivity contribution < 1.29 is 34.1 Å². The van der Waals surface area contributed by atoms with Crippen molar-refractivity contribution in [3.05, 3.63) is 46.5 Å². The number of allylic oxidation sites excluding steroid dienone is 1. The molecular weight excluding hydrogens is 426 g/mol. The molecule has 2 fully saturated rings. The number of likely N-dealkylation sites (tertiary alicyclic amines) is 1. The molecule has 4 rings (SSSR count). The summed E-state index contributed by atoms with van der Waals surface area (Å²) in [5.41, 5.74) is 3.52. The second-order valence-corrected chi connectivity index (χ2v) is 8.72. The number of nitrogens with zero attached hydrogens (tertiary/aromatic N) is 1. The zero-order chi connectivity index (χ0) is 23.7. The maximum atomic E-state index is 13.0. The van der Waals surface area contributed by atoms with Crippen molar-refractivity contribution in [3.8, 4) is 5.75 Å². The number of methoxy groups -OCH3 is 1. The third kappa shape index (κ3) is 4.09. The smallest absolute Gasteiger partial charge is 0.423 e. The van der Waals surface area contributed by atoms with Crippen molar-refractivity contribution in [2.45, 2.75) is 38.7 Å². The van der Waals surface area contributed by atoms with E-state index in [9.17, 15) is 24.6 Å². The fraction of sp³-hybridized carbons (Fsp3) is 0.480. The number of rotatable bonds is 6. The standard InChI is InChI=1S/C25H29NO7/c1-3-14(10-15-6-4-5-7-19(15)28)8-9-20-21-16(12-27)11-17-22(18(21)13-33-20)24(30)26(23(17)29)25(31)32-2/h4-7,10,17-18,20,22,27-28H,3,8-9,11-13H2,1-2H3/b14-10+/t17-,18+,20-,22-/m1/s1. The van der Waals surface area contributed by atoms with Crippen LogP contribution in [-0.4, -0.2) is 59.4 Å².